The van der Waals surface area contributed by atoms with Gasteiger partial charge in [0.25, 0.3) is 0 Å². The average molecular weight is 480 g/mol. The fourth-order valence-corrected chi connectivity index (χ4v) is 5.37. The van der Waals surface area contributed by atoms with E-state index < -0.39 is 27.6 Å². The third kappa shape index (κ3) is 4.73. The van der Waals surface area contributed by atoms with Crippen LogP contribution in [0.4, 0.5) is 24.7 Å². The first-order chi connectivity index (χ1) is 15.5. The zero-order chi connectivity index (χ0) is 24.0. The molecule has 0 bridgehead atoms. The van der Waals surface area contributed by atoms with Crippen LogP contribution in [-0.2, 0) is 16.0 Å². The second-order valence-corrected chi connectivity index (χ2v) is 10.5. The Labute approximate surface area is 190 Å². The summed E-state index contributed by atoms with van der Waals surface area (Å²) in [6, 6.07) is 5.53. The summed E-state index contributed by atoms with van der Waals surface area (Å²) in [7, 11) is -3.03. The smallest absolute Gasteiger partial charge is 0.368 e. The van der Waals surface area contributed by atoms with Crippen LogP contribution in [0.15, 0.2) is 30.6 Å². The number of nitrogens with one attached hydrogen (secondary N) is 1. The van der Waals surface area contributed by atoms with Gasteiger partial charge in [0, 0.05) is 13.1 Å². The third-order valence-corrected chi connectivity index (χ3v) is 7.58. The molecule has 11 heteroatoms. The predicted molar refractivity (Wildman–Crippen MR) is 121 cm³/mol. The fraction of sp³-hybridized carbons (Fsp3) is 0.409. The van der Waals surface area contributed by atoms with Gasteiger partial charge in [-0.25, -0.2) is 23.4 Å². The Kier molecular flexibility index (Phi) is 5.94. The monoisotopic (exact) mass is 479 g/mol. The third-order valence-electron chi connectivity index (χ3n) is 5.97. The number of pyridine rings is 1. The molecule has 1 aliphatic rings. The Bertz CT molecular complexity index is 1300. The highest BCUT2D eigenvalue weighted by atomic mass is 32.2. The molecule has 0 aliphatic carbocycles. The van der Waals surface area contributed by atoms with Crippen molar-refractivity contribution in [3.05, 3.63) is 53.0 Å². The molecule has 33 heavy (non-hydrogen) atoms. The number of sulfone groups is 1. The van der Waals surface area contributed by atoms with Crippen molar-refractivity contribution in [3.8, 4) is 0 Å². The fourth-order valence-electron chi connectivity index (χ4n) is 4.17. The van der Waals surface area contributed by atoms with Crippen molar-refractivity contribution in [2.24, 2.45) is 0 Å². The zero-order valence-electron chi connectivity index (χ0n) is 18.4. The molecular weight excluding hydrogens is 455 g/mol. The van der Waals surface area contributed by atoms with Gasteiger partial charge in [0.15, 0.2) is 15.5 Å². The highest BCUT2D eigenvalue weighted by Crippen LogP contribution is 2.36. The van der Waals surface area contributed by atoms with Crippen LogP contribution in [0.3, 0.4) is 0 Å². The molecule has 3 heterocycles. The van der Waals surface area contributed by atoms with Crippen LogP contribution in [0.1, 0.15) is 35.3 Å². The quantitative estimate of drug-likeness (QED) is 0.604. The topological polar surface area (TPSA) is 88.1 Å². The second-order valence-electron chi connectivity index (χ2n) is 8.21. The van der Waals surface area contributed by atoms with Gasteiger partial charge in [-0.15, -0.1) is 0 Å². The van der Waals surface area contributed by atoms with Gasteiger partial charge in [-0.2, -0.15) is 13.2 Å². The van der Waals surface area contributed by atoms with E-state index in [0.29, 0.717) is 41.2 Å². The molecule has 0 spiro atoms. The maximum absolute atomic E-state index is 13.3. The Hall–Kier alpha value is -2.95. The van der Waals surface area contributed by atoms with E-state index in [-0.39, 0.29) is 17.1 Å². The molecule has 1 saturated heterocycles. The SMILES string of the molecule is Cc1nc2ncnc(N[C@H](C)c3cccc(C(F)(F)F)c3C)c2cc1N1CCS(=O)(=O)CC1. The van der Waals surface area contributed by atoms with Crippen LogP contribution >= 0.6 is 0 Å². The van der Waals surface area contributed by atoms with E-state index in [1.54, 1.807) is 13.0 Å². The van der Waals surface area contributed by atoms with Crippen LogP contribution in [0, 0.1) is 13.8 Å². The highest BCUT2D eigenvalue weighted by molar-refractivity contribution is 7.91. The molecule has 1 aromatic carbocycles. The molecule has 1 atom stereocenters. The molecule has 0 radical (unpaired) electrons. The highest BCUT2D eigenvalue weighted by Gasteiger charge is 2.33. The lowest BCUT2D eigenvalue weighted by Crippen LogP contribution is -2.40. The van der Waals surface area contributed by atoms with E-state index in [9.17, 15) is 21.6 Å². The van der Waals surface area contributed by atoms with Crippen molar-refractivity contribution in [2.45, 2.75) is 33.0 Å². The van der Waals surface area contributed by atoms with Crippen LogP contribution in [0.5, 0.6) is 0 Å². The molecular formula is C22H24F3N5O2S. The van der Waals surface area contributed by atoms with Crippen LogP contribution < -0.4 is 10.2 Å². The summed E-state index contributed by atoms with van der Waals surface area (Å²) in [5.41, 5.74) is 1.96. The molecule has 7 nitrogen and oxygen atoms in total. The molecule has 1 fully saturated rings. The molecule has 3 aromatic rings. The van der Waals surface area contributed by atoms with Gasteiger partial charge in [-0.05, 0) is 44.0 Å². The Morgan fingerprint density at radius 2 is 1.82 bits per heavy atom. The molecule has 0 unspecified atom stereocenters. The number of halogens is 3. The van der Waals surface area contributed by atoms with Gasteiger partial charge in [-0.3, -0.25) is 0 Å². The van der Waals surface area contributed by atoms with Crippen molar-refractivity contribution >= 4 is 32.4 Å². The first-order valence-electron chi connectivity index (χ1n) is 10.5. The number of aryl methyl sites for hydroxylation is 1. The first kappa shape index (κ1) is 23.2. The maximum atomic E-state index is 13.3. The van der Waals surface area contributed by atoms with Crippen molar-refractivity contribution in [2.75, 3.05) is 34.8 Å². The summed E-state index contributed by atoms with van der Waals surface area (Å²) in [5.74, 6) is 0.599. The van der Waals surface area contributed by atoms with Crippen molar-refractivity contribution in [1.29, 1.82) is 0 Å². The maximum Gasteiger partial charge on any atom is 0.416 e. The standard InChI is InChI=1S/C22H24F3N5O2S/c1-13-16(5-4-6-18(13)22(23,24)25)14(2)28-20-17-11-19(15(3)29-21(17)27-12-26-20)30-7-9-33(31,32)10-8-30/h4-6,11-12,14H,7-10H2,1-3H3,(H,26,27,28,29)/t14-/m1/s1. The van der Waals surface area contributed by atoms with E-state index in [1.165, 1.54) is 19.3 Å². The summed E-state index contributed by atoms with van der Waals surface area (Å²) < 4.78 is 63.6. The lowest BCUT2D eigenvalue weighted by Gasteiger charge is -2.30. The molecule has 0 amide bonds. The van der Waals surface area contributed by atoms with Gasteiger partial charge in [0.2, 0.25) is 0 Å². The van der Waals surface area contributed by atoms with Gasteiger partial charge in [-0.1, -0.05) is 12.1 Å². The van der Waals surface area contributed by atoms with E-state index in [0.717, 1.165) is 11.8 Å². The number of nitrogens with zero attached hydrogens (tertiary/aromatic N) is 4. The summed E-state index contributed by atoms with van der Waals surface area (Å²) in [4.78, 5) is 15.1. The van der Waals surface area contributed by atoms with Crippen molar-refractivity contribution < 1.29 is 21.6 Å². The Morgan fingerprint density at radius 1 is 1.12 bits per heavy atom. The molecule has 1 aliphatic heterocycles. The Morgan fingerprint density at radius 3 is 2.48 bits per heavy atom. The van der Waals surface area contributed by atoms with Crippen LogP contribution in [-0.4, -0.2) is 48.0 Å². The molecule has 2 aromatic heterocycles. The summed E-state index contributed by atoms with van der Waals surface area (Å²) >= 11 is 0. The molecule has 1 N–H and O–H groups in total. The minimum absolute atomic E-state index is 0.0761. The largest absolute Gasteiger partial charge is 0.416 e. The second kappa shape index (κ2) is 8.44. The van der Waals surface area contributed by atoms with Crippen LogP contribution in [0.25, 0.3) is 11.0 Å². The summed E-state index contributed by atoms with van der Waals surface area (Å²) in [5, 5.41) is 3.82. The first-order valence-corrected chi connectivity index (χ1v) is 12.3. The number of alkyl halides is 3. The van der Waals surface area contributed by atoms with Gasteiger partial charge >= 0.3 is 6.18 Å². The van der Waals surface area contributed by atoms with Gasteiger partial charge in [0.1, 0.15) is 12.1 Å². The van der Waals surface area contributed by atoms with E-state index >= 15 is 0 Å². The molecule has 176 valence electrons. The lowest BCUT2D eigenvalue weighted by atomic mass is 9.97. The summed E-state index contributed by atoms with van der Waals surface area (Å²) in [6.07, 6.45) is -3.07. The van der Waals surface area contributed by atoms with E-state index in [1.807, 2.05) is 17.9 Å². The van der Waals surface area contributed by atoms with Gasteiger partial charge in [0.05, 0.1) is 39.9 Å². The number of fused-ring (bicyclic) bond motifs is 1. The normalized spacial score (nSPS) is 17.2. The van der Waals surface area contributed by atoms with E-state index in [2.05, 4.69) is 20.3 Å². The number of hydrogen-bond acceptors (Lipinski definition) is 7. The van der Waals surface area contributed by atoms with Gasteiger partial charge < -0.3 is 10.2 Å². The minimum Gasteiger partial charge on any atom is -0.368 e. The molecule has 0 saturated carbocycles. The molecule has 4 rings (SSSR count). The summed E-state index contributed by atoms with van der Waals surface area (Å²) in [6.45, 7) is 5.80. The predicted octanol–water partition coefficient (Wildman–Crippen LogP) is 4.07. The number of rotatable bonds is 4. The number of anilines is 2. The van der Waals surface area contributed by atoms with Crippen molar-refractivity contribution in [3.63, 3.8) is 0 Å². The number of hydrogen-bond donors (Lipinski definition) is 1. The minimum atomic E-state index is -4.43. The average Bonchev–Trinajstić information content (AvgIpc) is 2.73. The Balaban J connectivity index is 1.69. The zero-order valence-corrected chi connectivity index (χ0v) is 19.3. The van der Waals surface area contributed by atoms with Crippen LogP contribution in [0.2, 0.25) is 0 Å². The number of aromatic nitrogens is 3. The van der Waals surface area contributed by atoms with Crippen molar-refractivity contribution in [1.82, 2.24) is 15.0 Å². The number of benzene rings is 1. The lowest BCUT2D eigenvalue weighted by molar-refractivity contribution is -0.138. The van der Waals surface area contributed by atoms with E-state index in [4.69, 9.17) is 0 Å².